The van der Waals surface area contributed by atoms with Crippen LogP contribution in [0.5, 0.6) is 0 Å². The van der Waals surface area contributed by atoms with E-state index in [9.17, 15) is 19.2 Å². The van der Waals surface area contributed by atoms with E-state index in [2.05, 4.69) is 24.1 Å². The number of carboxylic acid groups (broad SMARTS) is 3. The molecule has 0 saturated carbocycles. The Labute approximate surface area is 234 Å². The second-order valence-electron chi connectivity index (χ2n) is 9.16. The summed E-state index contributed by atoms with van der Waals surface area (Å²) in [6, 6.07) is 9.83. The number of nitrogens with one attached hydrogen (secondary N) is 1. The van der Waals surface area contributed by atoms with E-state index in [0.29, 0.717) is 32.6 Å². The Hall–Kier alpha value is -2.98. The standard InChI is InChI=1S/C19H31N3O3.C7H14O2.C3H6O2/c1-3-10-21(12-13-22(11-4-2)16-19(24)25)15-18(23)20-14-17-8-6-5-7-9-17;1-2-3-4-5-6-7(8)9;1-2-3(4)5/h5-9H,3-4,10-16H2,1-2H3,(H,20,23)(H,24,25);2-6H2,1H3,(H,8,9);2H2,1H3,(H,4,5). The average molecular weight is 554 g/mol. The van der Waals surface area contributed by atoms with Gasteiger partial charge >= 0.3 is 17.9 Å². The van der Waals surface area contributed by atoms with Gasteiger partial charge in [-0.05, 0) is 37.9 Å². The van der Waals surface area contributed by atoms with Crippen LogP contribution >= 0.6 is 0 Å². The Morgan fingerprint density at radius 1 is 0.667 bits per heavy atom. The molecule has 0 unspecified atom stereocenters. The Kier molecular flexibility index (Phi) is 26.1. The van der Waals surface area contributed by atoms with Crippen molar-refractivity contribution in [3.05, 3.63) is 35.9 Å². The van der Waals surface area contributed by atoms with Gasteiger partial charge in [0.2, 0.25) is 5.91 Å². The summed E-state index contributed by atoms with van der Waals surface area (Å²) in [6.45, 7) is 11.7. The number of unbranched alkanes of at least 4 members (excludes halogenated alkanes) is 3. The first-order valence-corrected chi connectivity index (χ1v) is 14.0. The Bertz CT molecular complexity index is 775. The predicted molar refractivity (Wildman–Crippen MR) is 154 cm³/mol. The minimum absolute atomic E-state index is 0.00224. The van der Waals surface area contributed by atoms with E-state index < -0.39 is 17.9 Å². The highest BCUT2D eigenvalue weighted by atomic mass is 16.4. The lowest BCUT2D eigenvalue weighted by atomic mass is 10.2. The minimum atomic E-state index is -0.809. The Morgan fingerprint density at radius 2 is 1.21 bits per heavy atom. The Balaban J connectivity index is 0. The van der Waals surface area contributed by atoms with Crippen LogP contribution in [0.15, 0.2) is 30.3 Å². The first-order chi connectivity index (χ1) is 18.6. The Morgan fingerprint density at radius 3 is 1.64 bits per heavy atom. The molecule has 1 aromatic carbocycles. The SMILES string of the molecule is CCC(=O)O.CCCCCCC(=O)O.CCCN(CCN(CCC)CC(=O)NCc1ccccc1)CC(=O)O. The number of carbonyl (C=O) groups is 4. The second kappa shape index (κ2) is 26.6. The molecule has 224 valence electrons. The van der Waals surface area contributed by atoms with Crippen LogP contribution in [0.2, 0.25) is 0 Å². The monoisotopic (exact) mass is 553 g/mol. The number of hydrogen-bond acceptors (Lipinski definition) is 6. The average Bonchev–Trinajstić information content (AvgIpc) is 2.89. The van der Waals surface area contributed by atoms with Gasteiger partial charge in [0, 0.05) is 32.5 Å². The number of amides is 1. The van der Waals surface area contributed by atoms with Crippen molar-refractivity contribution in [3.8, 4) is 0 Å². The quantitative estimate of drug-likeness (QED) is 0.184. The van der Waals surface area contributed by atoms with E-state index in [4.69, 9.17) is 15.3 Å². The number of aliphatic carboxylic acids is 3. The molecule has 0 saturated heterocycles. The van der Waals surface area contributed by atoms with Crippen LogP contribution in [0.4, 0.5) is 0 Å². The highest BCUT2D eigenvalue weighted by Gasteiger charge is 2.14. The smallest absolute Gasteiger partial charge is 0.317 e. The van der Waals surface area contributed by atoms with Crippen molar-refractivity contribution in [2.24, 2.45) is 0 Å². The molecule has 0 aliphatic carbocycles. The molecule has 1 rings (SSSR count). The summed E-state index contributed by atoms with van der Waals surface area (Å²) in [5.74, 6) is -2.23. The number of rotatable bonds is 19. The third-order valence-corrected chi connectivity index (χ3v) is 5.42. The molecule has 0 aliphatic rings. The number of nitrogens with zero attached hydrogens (tertiary/aromatic N) is 2. The molecule has 0 aromatic heterocycles. The molecule has 1 amide bonds. The maximum Gasteiger partial charge on any atom is 0.317 e. The van der Waals surface area contributed by atoms with Gasteiger partial charge in [0.15, 0.2) is 0 Å². The topological polar surface area (TPSA) is 147 Å². The molecule has 1 aromatic rings. The summed E-state index contributed by atoms with van der Waals surface area (Å²) in [5, 5.41) is 27.9. The first-order valence-electron chi connectivity index (χ1n) is 14.0. The number of carbonyl (C=O) groups excluding carboxylic acids is 1. The van der Waals surface area contributed by atoms with Crippen LogP contribution in [0.25, 0.3) is 0 Å². The van der Waals surface area contributed by atoms with Crippen molar-refractivity contribution in [2.45, 2.75) is 85.6 Å². The number of hydrogen-bond donors (Lipinski definition) is 4. The molecule has 0 heterocycles. The highest BCUT2D eigenvalue weighted by molar-refractivity contribution is 5.78. The zero-order chi connectivity index (χ0) is 29.9. The fourth-order valence-corrected chi connectivity index (χ4v) is 3.40. The second-order valence-corrected chi connectivity index (χ2v) is 9.16. The molecule has 0 radical (unpaired) electrons. The van der Waals surface area contributed by atoms with Gasteiger partial charge < -0.3 is 20.6 Å². The fourth-order valence-electron chi connectivity index (χ4n) is 3.40. The van der Waals surface area contributed by atoms with E-state index in [0.717, 1.165) is 50.8 Å². The van der Waals surface area contributed by atoms with E-state index in [1.807, 2.05) is 42.2 Å². The summed E-state index contributed by atoms with van der Waals surface area (Å²) in [5.41, 5.74) is 1.08. The van der Waals surface area contributed by atoms with E-state index in [1.54, 1.807) is 6.92 Å². The zero-order valence-electron chi connectivity index (χ0n) is 24.4. The van der Waals surface area contributed by atoms with Crippen LogP contribution in [-0.2, 0) is 25.7 Å². The van der Waals surface area contributed by atoms with Crippen molar-refractivity contribution in [2.75, 3.05) is 39.3 Å². The van der Waals surface area contributed by atoms with Gasteiger partial charge in [0.05, 0.1) is 13.1 Å². The van der Waals surface area contributed by atoms with Gasteiger partial charge in [-0.3, -0.25) is 29.0 Å². The van der Waals surface area contributed by atoms with Crippen molar-refractivity contribution in [3.63, 3.8) is 0 Å². The van der Waals surface area contributed by atoms with Gasteiger partial charge in [-0.1, -0.05) is 77.3 Å². The van der Waals surface area contributed by atoms with E-state index in [-0.39, 0.29) is 18.9 Å². The molecule has 0 bridgehead atoms. The molecule has 0 spiro atoms. The molecular formula is C29H51N3O7. The largest absolute Gasteiger partial charge is 0.481 e. The van der Waals surface area contributed by atoms with Crippen molar-refractivity contribution >= 4 is 23.8 Å². The zero-order valence-corrected chi connectivity index (χ0v) is 24.4. The molecular weight excluding hydrogens is 502 g/mol. The van der Waals surface area contributed by atoms with Crippen LogP contribution in [0.3, 0.4) is 0 Å². The van der Waals surface area contributed by atoms with Gasteiger partial charge in [-0.2, -0.15) is 0 Å². The lowest BCUT2D eigenvalue weighted by Crippen LogP contribution is -2.42. The molecule has 0 atom stereocenters. The molecule has 4 N–H and O–H groups in total. The first kappa shape index (κ1) is 38.2. The summed E-state index contributed by atoms with van der Waals surface area (Å²) in [7, 11) is 0. The minimum Gasteiger partial charge on any atom is -0.481 e. The lowest BCUT2D eigenvalue weighted by Gasteiger charge is -2.26. The van der Waals surface area contributed by atoms with Gasteiger partial charge in [0.1, 0.15) is 0 Å². The highest BCUT2D eigenvalue weighted by Crippen LogP contribution is 2.01. The maximum atomic E-state index is 12.2. The van der Waals surface area contributed by atoms with Crippen molar-refractivity contribution in [1.82, 2.24) is 15.1 Å². The predicted octanol–water partition coefficient (Wildman–Crippen LogP) is 4.33. The maximum absolute atomic E-state index is 12.2. The van der Waals surface area contributed by atoms with Gasteiger partial charge in [0.25, 0.3) is 0 Å². The van der Waals surface area contributed by atoms with E-state index >= 15 is 0 Å². The third-order valence-electron chi connectivity index (χ3n) is 5.42. The van der Waals surface area contributed by atoms with Crippen molar-refractivity contribution in [1.29, 1.82) is 0 Å². The molecule has 39 heavy (non-hydrogen) atoms. The number of benzene rings is 1. The summed E-state index contributed by atoms with van der Waals surface area (Å²) >= 11 is 0. The normalized spacial score (nSPS) is 10.2. The molecule has 10 nitrogen and oxygen atoms in total. The van der Waals surface area contributed by atoms with Gasteiger partial charge in [-0.15, -0.1) is 0 Å². The summed E-state index contributed by atoms with van der Waals surface area (Å²) in [4.78, 5) is 46.5. The number of carboxylic acids is 3. The molecule has 0 aliphatic heterocycles. The van der Waals surface area contributed by atoms with Crippen LogP contribution in [0.1, 0.15) is 84.6 Å². The van der Waals surface area contributed by atoms with Crippen molar-refractivity contribution < 1.29 is 34.5 Å². The lowest BCUT2D eigenvalue weighted by molar-refractivity contribution is -0.139. The fraction of sp³-hybridized carbons (Fsp3) is 0.655. The molecule has 0 fully saturated rings. The molecule has 10 heteroatoms. The van der Waals surface area contributed by atoms with Crippen LogP contribution in [-0.4, -0.2) is 88.2 Å². The van der Waals surface area contributed by atoms with Crippen LogP contribution < -0.4 is 5.32 Å². The van der Waals surface area contributed by atoms with Gasteiger partial charge in [-0.25, -0.2) is 0 Å². The summed E-state index contributed by atoms with van der Waals surface area (Å²) in [6.07, 6.45) is 6.65. The van der Waals surface area contributed by atoms with Crippen LogP contribution in [0, 0.1) is 0 Å². The summed E-state index contributed by atoms with van der Waals surface area (Å²) < 4.78 is 0. The van der Waals surface area contributed by atoms with E-state index in [1.165, 1.54) is 6.42 Å². The third kappa shape index (κ3) is 27.9.